The number of carbonyl (C=O) groups is 3. The van der Waals surface area contributed by atoms with E-state index in [1.807, 2.05) is 0 Å². The molecular weight excluding hydrogens is 546 g/mol. The highest BCUT2D eigenvalue weighted by Crippen LogP contribution is 2.13. The van der Waals surface area contributed by atoms with Gasteiger partial charge in [0, 0.05) is 44.4 Å². The van der Waals surface area contributed by atoms with E-state index in [9.17, 15) is 29.7 Å². The number of rotatable bonds is 15. The molecule has 0 saturated heterocycles. The lowest BCUT2D eigenvalue weighted by Gasteiger charge is -2.21. The van der Waals surface area contributed by atoms with Crippen molar-refractivity contribution >= 4 is 35.9 Å². The zero-order chi connectivity index (χ0) is 30.9. The number of amides is 3. The summed E-state index contributed by atoms with van der Waals surface area (Å²) in [4.78, 5) is 39.0. The Morgan fingerprint density at radius 3 is 1.35 bits per heavy atom. The standard InChI is InChI=1S/C34H37N3O6/c38-29-13-4-26(5-14-29)10-19-32(41)35-22-1-2-24-37(34(43)21-12-28-8-17-31(40)18-9-28)25-3-23-36-33(42)20-11-27-6-15-30(39)16-7-27/h4-21,38-40H,1-3,22-25H2,(H,35,41)(H,36,42)/b19-10+,20-11-,21-12+. The van der Waals surface area contributed by atoms with Gasteiger partial charge < -0.3 is 30.9 Å². The monoisotopic (exact) mass is 583 g/mol. The Bertz CT molecular complexity index is 1410. The zero-order valence-corrected chi connectivity index (χ0v) is 23.9. The lowest BCUT2D eigenvalue weighted by Crippen LogP contribution is -2.34. The molecule has 0 aliphatic carbocycles. The van der Waals surface area contributed by atoms with Crippen LogP contribution in [0, 0.1) is 0 Å². The van der Waals surface area contributed by atoms with Gasteiger partial charge in [0.05, 0.1) is 0 Å². The molecule has 0 aromatic heterocycles. The van der Waals surface area contributed by atoms with E-state index in [0.717, 1.165) is 16.7 Å². The largest absolute Gasteiger partial charge is 0.508 e. The van der Waals surface area contributed by atoms with Crippen molar-refractivity contribution < 1.29 is 29.7 Å². The van der Waals surface area contributed by atoms with Gasteiger partial charge in [-0.25, -0.2) is 0 Å². The summed E-state index contributed by atoms with van der Waals surface area (Å²) in [5.41, 5.74) is 2.36. The summed E-state index contributed by atoms with van der Waals surface area (Å²) in [5, 5.41) is 33.8. The molecular formula is C34H37N3O6. The first-order valence-electron chi connectivity index (χ1n) is 14.0. The number of benzene rings is 3. The summed E-state index contributed by atoms with van der Waals surface area (Å²) in [6, 6.07) is 19.5. The molecule has 0 fully saturated rings. The molecule has 3 rings (SSSR count). The topological polar surface area (TPSA) is 139 Å². The van der Waals surface area contributed by atoms with Crippen LogP contribution in [0.2, 0.25) is 0 Å². The summed E-state index contributed by atoms with van der Waals surface area (Å²) in [6.45, 7) is 1.75. The molecule has 0 heterocycles. The van der Waals surface area contributed by atoms with Gasteiger partial charge in [0.2, 0.25) is 17.7 Å². The molecule has 3 aromatic carbocycles. The van der Waals surface area contributed by atoms with Gasteiger partial charge in [-0.3, -0.25) is 14.4 Å². The normalized spacial score (nSPS) is 11.3. The van der Waals surface area contributed by atoms with Crippen LogP contribution in [0.5, 0.6) is 17.2 Å². The second kappa shape index (κ2) is 17.5. The molecule has 0 bridgehead atoms. The summed E-state index contributed by atoms with van der Waals surface area (Å²) < 4.78 is 0. The van der Waals surface area contributed by atoms with Crippen LogP contribution in [-0.2, 0) is 14.4 Å². The fourth-order valence-corrected chi connectivity index (χ4v) is 3.94. The van der Waals surface area contributed by atoms with Crippen LogP contribution in [0.15, 0.2) is 91.0 Å². The predicted octanol–water partition coefficient (Wildman–Crippen LogP) is 4.47. The van der Waals surface area contributed by atoms with Gasteiger partial charge in [-0.2, -0.15) is 0 Å². The smallest absolute Gasteiger partial charge is 0.246 e. The minimum atomic E-state index is -0.256. The Balaban J connectivity index is 1.45. The lowest BCUT2D eigenvalue weighted by molar-refractivity contribution is -0.126. The maximum absolute atomic E-state index is 13.0. The Morgan fingerprint density at radius 2 is 0.907 bits per heavy atom. The van der Waals surface area contributed by atoms with Crippen molar-refractivity contribution in [2.45, 2.75) is 19.3 Å². The molecule has 0 radical (unpaired) electrons. The average Bonchev–Trinajstić information content (AvgIpc) is 3.01. The number of nitrogens with zero attached hydrogens (tertiary/aromatic N) is 1. The number of hydrogen-bond acceptors (Lipinski definition) is 6. The minimum absolute atomic E-state index is 0.146. The first-order valence-corrected chi connectivity index (χ1v) is 14.0. The molecule has 0 atom stereocenters. The molecule has 0 aliphatic rings. The van der Waals surface area contributed by atoms with E-state index in [-0.39, 0.29) is 35.0 Å². The van der Waals surface area contributed by atoms with Crippen LogP contribution in [0.3, 0.4) is 0 Å². The van der Waals surface area contributed by atoms with Gasteiger partial charge >= 0.3 is 0 Å². The van der Waals surface area contributed by atoms with Crippen molar-refractivity contribution in [1.29, 1.82) is 0 Å². The quantitative estimate of drug-likeness (QED) is 0.132. The van der Waals surface area contributed by atoms with Crippen molar-refractivity contribution in [3.05, 3.63) is 108 Å². The highest BCUT2D eigenvalue weighted by Gasteiger charge is 2.11. The molecule has 0 saturated carbocycles. The Morgan fingerprint density at radius 1 is 0.535 bits per heavy atom. The first kappa shape index (κ1) is 32.2. The molecule has 9 nitrogen and oxygen atoms in total. The molecule has 3 amide bonds. The number of phenolic OH excluding ortho intramolecular Hbond substituents is 3. The van der Waals surface area contributed by atoms with E-state index in [2.05, 4.69) is 10.6 Å². The minimum Gasteiger partial charge on any atom is -0.508 e. The Hall–Kier alpha value is -5.31. The second-order valence-electron chi connectivity index (χ2n) is 9.74. The van der Waals surface area contributed by atoms with Crippen molar-refractivity contribution in [1.82, 2.24) is 15.5 Å². The predicted molar refractivity (Wildman–Crippen MR) is 168 cm³/mol. The number of aromatic hydroxyl groups is 3. The highest BCUT2D eigenvalue weighted by atomic mass is 16.3. The summed E-state index contributed by atoms with van der Waals surface area (Å²) >= 11 is 0. The molecule has 0 aliphatic heterocycles. The second-order valence-corrected chi connectivity index (χ2v) is 9.74. The molecule has 224 valence electrons. The first-order chi connectivity index (χ1) is 20.8. The van der Waals surface area contributed by atoms with Crippen LogP contribution in [0.25, 0.3) is 18.2 Å². The zero-order valence-electron chi connectivity index (χ0n) is 23.9. The molecule has 9 heteroatoms. The van der Waals surface area contributed by atoms with Crippen LogP contribution < -0.4 is 10.6 Å². The van der Waals surface area contributed by atoms with Gasteiger partial charge in [0.15, 0.2) is 0 Å². The fraction of sp³-hybridized carbons (Fsp3) is 0.206. The number of nitrogens with one attached hydrogen (secondary N) is 2. The van der Waals surface area contributed by atoms with E-state index >= 15 is 0 Å². The molecule has 0 spiro atoms. The van der Waals surface area contributed by atoms with Gasteiger partial charge in [-0.1, -0.05) is 36.4 Å². The van der Waals surface area contributed by atoms with E-state index in [4.69, 9.17) is 0 Å². The van der Waals surface area contributed by atoms with Crippen LogP contribution in [0.4, 0.5) is 0 Å². The van der Waals surface area contributed by atoms with E-state index in [1.165, 1.54) is 18.2 Å². The SMILES string of the molecule is O=C(/C=C\c1ccc(O)cc1)NCCCN(CCCCNC(=O)/C=C/c1ccc(O)cc1)C(=O)/C=C/c1ccc(O)cc1. The van der Waals surface area contributed by atoms with Crippen LogP contribution >= 0.6 is 0 Å². The maximum atomic E-state index is 13.0. The van der Waals surface area contributed by atoms with Gasteiger partial charge in [0.1, 0.15) is 17.2 Å². The fourth-order valence-electron chi connectivity index (χ4n) is 3.94. The third kappa shape index (κ3) is 12.8. The highest BCUT2D eigenvalue weighted by molar-refractivity contribution is 5.93. The van der Waals surface area contributed by atoms with Crippen molar-refractivity contribution in [2.75, 3.05) is 26.2 Å². The number of phenols is 3. The number of hydrogen-bond donors (Lipinski definition) is 5. The van der Waals surface area contributed by atoms with E-state index in [1.54, 1.807) is 95.9 Å². The lowest BCUT2D eigenvalue weighted by atomic mass is 10.2. The molecule has 0 unspecified atom stereocenters. The average molecular weight is 584 g/mol. The van der Waals surface area contributed by atoms with Crippen molar-refractivity contribution in [3.63, 3.8) is 0 Å². The summed E-state index contributed by atoms with van der Waals surface area (Å²) in [5.74, 6) is -0.196. The maximum Gasteiger partial charge on any atom is 0.246 e. The third-order valence-corrected chi connectivity index (χ3v) is 6.32. The third-order valence-electron chi connectivity index (χ3n) is 6.32. The van der Waals surface area contributed by atoms with Crippen LogP contribution in [0.1, 0.15) is 36.0 Å². The summed E-state index contributed by atoms with van der Waals surface area (Å²) in [7, 11) is 0. The number of unbranched alkanes of at least 4 members (excludes halogenated alkanes) is 1. The van der Waals surface area contributed by atoms with E-state index in [0.29, 0.717) is 45.4 Å². The van der Waals surface area contributed by atoms with E-state index < -0.39 is 0 Å². The van der Waals surface area contributed by atoms with Gasteiger partial charge in [0.25, 0.3) is 0 Å². The van der Waals surface area contributed by atoms with Gasteiger partial charge in [-0.15, -0.1) is 0 Å². The van der Waals surface area contributed by atoms with Crippen LogP contribution in [-0.4, -0.2) is 64.1 Å². The van der Waals surface area contributed by atoms with Crippen molar-refractivity contribution in [3.8, 4) is 17.2 Å². The number of carbonyl (C=O) groups excluding carboxylic acids is 3. The Kier molecular flexibility index (Phi) is 13.1. The molecule has 43 heavy (non-hydrogen) atoms. The molecule has 5 N–H and O–H groups in total. The Labute approximate surface area is 251 Å². The van der Waals surface area contributed by atoms with Crippen molar-refractivity contribution in [2.24, 2.45) is 0 Å². The molecule has 3 aromatic rings. The van der Waals surface area contributed by atoms with Gasteiger partial charge in [-0.05, 0) is 90.6 Å². The summed E-state index contributed by atoms with van der Waals surface area (Å²) in [6.07, 6.45) is 11.2.